The fraction of sp³-hybridized carbons (Fsp3) is 0.250. The summed E-state index contributed by atoms with van der Waals surface area (Å²) >= 11 is 11.4. The molecular formula is C28H24ClN9O7S4. The number of thiazole rings is 1. The zero-order valence-electron chi connectivity index (χ0n) is 25.1. The number of carboxylic acid groups (broad SMARTS) is 1. The lowest BCUT2D eigenvalue weighted by atomic mass is 10.0. The van der Waals surface area contributed by atoms with Crippen molar-refractivity contribution in [3.63, 3.8) is 0 Å². The fourth-order valence-corrected chi connectivity index (χ4v) is 8.53. The van der Waals surface area contributed by atoms with Crippen molar-refractivity contribution in [1.29, 1.82) is 0 Å². The Morgan fingerprint density at radius 3 is 2.82 bits per heavy atom. The average Bonchev–Trinajstić information content (AvgIpc) is 3.84. The topological polar surface area (TPSA) is 228 Å². The zero-order chi connectivity index (χ0) is 34.7. The van der Waals surface area contributed by atoms with E-state index in [2.05, 4.69) is 36.1 Å². The predicted molar refractivity (Wildman–Crippen MR) is 184 cm³/mol. The lowest BCUT2D eigenvalue weighted by molar-refractivity contribution is -0.150. The van der Waals surface area contributed by atoms with Crippen LogP contribution in [0, 0.1) is 6.92 Å². The van der Waals surface area contributed by atoms with Gasteiger partial charge in [-0.15, -0.1) is 33.3 Å². The number of carboxylic acids is 1. The van der Waals surface area contributed by atoms with E-state index in [1.165, 1.54) is 45.1 Å². The molecule has 3 aromatic heterocycles. The van der Waals surface area contributed by atoms with Crippen molar-refractivity contribution in [3.8, 4) is 11.3 Å². The minimum atomic E-state index is -1.24. The monoisotopic (exact) mass is 761 g/mol. The number of hydrogen-bond acceptors (Lipinski definition) is 16. The molecule has 254 valence electrons. The number of aromatic nitrogens is 4. The van der Waals surface area contributed by atoms with Gasteiger partial charge in [-0.25, -0.2) is 9.78 Å². The highest BCUT2D eigenvalue weighted by molar-refractivity contribution is 8.01. The molecule has 1 aromatic carbocycles. The number of nitrogen functional groups attached to an aromatic ring is 1. The van der Waals surface area contributed by atoms with Crippen LogP contribution in [0.4, 0.5) is 10.8 Å². The Morgan fingerprint density at radius 2 is 2.10 bits per heavy atom. The Balaban J connectivity index is 1.09. The van der Waals surface area contributed by atoms with Gasteiger partial charge in [-0.3, -0.25) is 19.3 Å². The summed E-state index contributed by atoms with van der Waals surface area (Å²) in [5, 5.41) is 32.5. The van der Waals surface area contributed by atoms with E-state index in [1.807, 2.05) is 0 Å². The van der Waals surface area contributed by atoms with Gasteiger partial charge >= 0.3 is 5.97 Å². The first-order chi connectivity index (χ1) is 23.6. The number of β-lactam (4-membered cyclic amide) rings is 1. The first kappa shape index (κ1) is 34.4. The Morgan fingerprint density at radius 1 is 1.29 bits per heavy atom. The highest BCUT2D eigenvalue weighted by Gasteiger charge is 2.54. The number of anilines is 2. The van der Waals surface area contributed by atoms with Crippen molar-refractivity contribution in [2.24, 2.45) is 5.16 Å². The summed E-state index contributed by atoms with van der Waals surface area (Å²) in [6.45, 7) is 1.41. The number of nitrogens with zero attached hydrogens (tertiary/aromatic N) is 6. The summed E-state index contributed by atoms with van der Waals surface area (Å²) in [6.07, 6.45) is -0.164. The molecule has 0 saturated carbocycles. The lowest BCUT2D eigenvalue weighted by Crippen LogP contribution is -2.71. The number of amides is 3. The van der Waals surface area contributed by atoms with Gasteiger partial charge in [-0.05, 0) is 18.6 Å². The van der Waals surface area contributed by atoms with Gasteiger partial charge in [0.15, 0.2) is 20.9 Å². The standard InChI is InChI=1S/C28H24ClN9O7S4/c1-12-18(19(37-45-12)14-4-2-3-5-15(14)29)33-17(39)6-7-44-36-20(16-10-47-27(30)32-16)23(40)34-21-24(41)38-22(26(42)43)13(8-46-25(21)38)9-48-28-35-31-11-49-28/h2-5,10-11,21,25H,6-9H2,1H3,(H2,30,32)(H,33,39)(H,34,40)(H,42,43)/b36-20+. The summed E-state index contributed by atoms with van der Waals surface area (Å²) in [5.74, 6) is -2.05. The molecule has 0 spiro atoms. The zero-order valence-corrected chi connectivity index (χ0v) is 29.1. The van der Waals surface area contributed by atoms with Crippen LogP contribution in [0.15, 0.2) is 60.4 Å². The minimum absolute atomic E-state index is 0.0935. The van der Waals surface area contributed by atoms with Crippen LogP contribution in [0.1, 0.15) is 17.9 Å². The maximum atomic E-state index is 13.4. The highest BCUT2D eigenvalue weighted by atomic mass is 35.5. The van der Waals surface area contributed by atoms with Gasteiger partial charge in [0.1, 0.15) is 46.3 Å². The van der Waals surface area contributed by atoms with Gasteiger partial charge in [0, 0.05) is 22.4 Å². The van der Waals surface area contributed by atoms with Crippen LogP contribution in [-0.4, -0.2) is 89.3 Å². The smallest absolute Gasteiger partial charge is 0.352 e. The number of fused-ring (bicyclic) bond motifs is 1. The summed E-state index contributed by atoms with van der Waals surface area (Å²) in [7, 11) is 0. The van der Waals surface area contributed by atoms with Gasteiger partial charge in [0.2, 0.25) is 5.91 Å². The van der Waals surface area contributed by atoms with Crippen molar-refractivity contribution in [1.82, 2.24) is 30.6 Å². The maximum absolute atomic E-state index is 13.4. The van der Waals surface area contributed by atoms with Gasteiger partial charge < -0.3 is 30.8 Å². The molecule has 16 nitrogen and oxygen atoms in total. The molecule has 2 unspecified atom stereocenters. The lowest BCUT2D eigenvalue weighted by Gasteiger charge is -2.49. The van der Waals surface area contributed by atoms with E-state index in [4.69, 9.17) is 26.7 Å². The van der Waals surface area contributed by atoms with Crippen molar-refractivity contribution in [2.75, 3.05) is 29.2 Å². The molecule has 1 fully saturated rings. The Kier molecular flexibility index (Phi) is 10.5. The largest absolute Gasteiger partial charge is 0.477 e. The molecule has 6 rings (SSSR count). The van der Waals surface area contributed by atoms with Crippen LogP contribution in [0.25, 0.3) is 11.3 Å². The highest BCUT2D eigenvalue weighted by Crippen LogP contribution is 2.42. The van der Waals surface area contributed by atoms with E-state index >= 15 is 0 Å². The fourth-order valence-electron chi connectivity index (χ4n) is 4.79. The predicted octanol–water partition coefficient (Wildman–Crippen LogP) is 3.47. The molecule has 2 aliphatic heterocycles. The second kappa shape index (κ2) is 14.9. The second-order valence-corrected chi connectivity index (χ2v) is 14.7. The molecular weight excluding hydrogens is 738 g/mol. The maximum Gasteiger partial charge on any atom is 0.352 e. The number of carbonyl (C=O) groups is 4. The summed E-state index contributed by atoms with van der Waals surface area (Å²) < 4.78 is 5.95. The van der Waals surface area contributed by atoms with Gasteiger partial charge in [0.05, 0.1) is 11.4 Å². The number of oxime groups is 1. The van der Waals surface area contributed by atoms with Crippen molar-refractivity contribution in [2.45, 2.75) is 29.1 Å². The number of aryl methyl sites for hydroxylation is 1. The van der Waals surface area contributed by atoms with Crippen molar-refractivity contribution >= 4 is 98.0 Å². The van der Waals surface area contributed by atoms with Crippen LogP contribution in [0.2, 0.25) is 5.02 Å². The minimum Gasteiger partial charge on any atom is -0.477 e. The van der Waals surface area contributed by atoms with E-state index < -0.39 is 35.1 Å². The molecule has 2 atom stereocenters. The number of thioether (sulfide) groups is 2. The van der Waals surface area contributed by atoms with Crippen molar-refractivity contribution < 1.29 is 33.6 Å². The first-order valence-electron chi connectivity index (χ1n) is 14.1. The second-order valence-electron chi connectivity index (χ2n) is 10.2. The molecule has 0 bridgehead atoms. The van der Waals surface area contributed by atoms with Gasteiger partial charge in [-0.2, -0.15) is 0 Å². The van der Waals surface area contributed by atoms with E-state index in [1.54, 1.807) is 36.7 Å². The molecule has 3 amide bonds. The van der Waals surface area contributed by atoms with E-state index in [0.717, 1.165) is 11.3 Å². The number of hydrogen-bond donors (Lipinski definition) is 4. The number of halogens is 1. The third-order valence-electron chi connectivity index (χ3n) is 7.06. The van der Waals surface area contributed by atoms with E-state index in [-0.39, 0.29) is 35.3 Å². The number of rotatable bonds is 13. The van der Waals surface area contributed by atoms with Crippen molar-refractivity contribution in [3.05, 3.63) is 62.9 Å². The number of carbonyl (C=O) groups excluding carboxylic acids is 3. The molecule has 0 radical (unpaired) electrons. The Labute approximate surface area is 298 Å². The third-order valence-corrected chi connectivity index (χ3v) is 11.3. The number of nitrogens with two attached hydrogens (primary N) is 1. The van der Waals surface area contributed by atoms with E-state index in [0.29, 0.717) is 49.1 Å². The summed E-state index contributed by atoms with van der Waals surface area (Å²) in [5.41, 5.74) is 8.92. The normalized spacial score (nSPS) is 17.4. The first-order valence-corrected chi connectivity index (χ1v) is 18.3. The molecule has 5 heterocycles. The Hall–Kier alpha value is -4.50. The summed E-state index contributed by atoms with van der Waals surface area (Å²) in [6, 6.07) is 5.95. The summed E-state index contributed by atoms with van der Waals surface area (Å²) in [4.78, 5) is 62.3. The quantitative estimate of drug-likeness (QED) is 0.0503. The molecule has 5 N–H and O–H groups in total. The average molecular weight is 762 g/mol. The number of nitrogens with one attached hydrogen (secondary N) is 2. The Bertz CT molecular complexity index is 1980. The number of aliphatic carboxylic acids is 1. The van der Waals surface area contributed by atoms with Crippen LogP contribution < -0.4 is 16.4 Å². The molecule has 1 saturated heterocycles. The third kappa shape index (κ3) is 7.42. The SMILES string of the molecule is Cc1onc(-c2ccccc2Cl)c1NC(=O)CCO/N=C(/C(=O)NC1C(=O)N2C(C(=O)O)=C(CSc3nncs3)CSC12)c1csc(N)n1. The van der Waals surface area contributed by atoms with Crippen LogP contribution in [-0.2, 0) is 24.0 Å². The van der Waals surface area contributed by atoms with Gasteiger partial charge in [-0.1, -0.05) is 63.2 Å². The van der Waals surface area contributed by atoms with Crippen LogP contribution in [0.3, 0.4) is 0 Å². The molecule has 49 heavy (non-hydrogen) atoms. The molecule has 21 heteroatoms. The van der Waals surface area contributed by atoms with E-state index in [9.17, 15) is 24.3 Å². The van der Waals surface area contributed by atoms with Crippen LogP contribution >= 0.6 is 57.8 Å². The molecule has 0 aliphatic carbocycles. The van der Waals surface area contributed by atoms with Crippen LogP contribution in [0.5, 0.6) is 0 Å². The molecule has 4 aromatic rings. The number of benzene rings is 1. The molecule has 2 aliphatic rings. The van der Waals surface area contributed by atoms with Gasteiger partial charge in [0.25, 0.3) is 11.8 Å².